The van der Waals surface area contributed by atoms with Crippen molar-refractivity contribution >= 4 is 11.3 Å². The van der Waals surface area contributed by atoms with Gasteiger partial charge >= 0.3 is 0 Å². The third-order valence-corrected chi connectivity index (χ3v) is 3.33. The first-order chi connectivity index (χ1) is 8.29. The van der Waals surface area contributed by atoms with Gasteiger partial charge in [-0.25, -0.2) is 9.50 Å². The van der Waals surface area contributed by atoms with Gasteiger partial charge in [-0.1, -0.05) is 0 Å². The molecule has 3 rings (SSSR count). The summed E-state index contributed by atoms with van der Waals surface area (Å²) >= 11 is 0. The van der Waals surface area contributed by atoms with Crippen LogP contribution in [0.2, 0.25) is 0 Å². The molecule has 0 radical (unpaired) electrons. The number of anilines is 1. The number of nitrogen functional groups attached to an aromatic ring is 1. The van der Waals surface area contributed by atoms with E-state index in [1.807, 2.05) is 16.6 Å². The molecule has 0 saturated carbocycles. The van der Waals surface area contributed by atoms with Crippen LogP contribution in [0.25, 0.3) is 5.52 Å². The van der Waals surface area contributed by atoms with E-state index in [0.717, 1.165) is 24.1 Å². The van der Waals surface area contributed by atoms with Crippen LogP contribution in [0.1, 0.15) is 24.6 Å². The lowest BCUT2D eigenvalue weighted by molar-refractivity contribution is 0.251. The maximum atomic E-state index is 9.12. The average Bonchev–Trinajstić information content (AvgIpc) is 2.94. The number of nitrogens with two attached hydrogens (primary N) is 1. The second-order valence-corrected chi connectivity index (χ2v) is 4.38. The lowest BCUT2D eigenvalue weighted by Crippen LogP contribution is -2.28. The van der Waals surface area contributed by atoms with Gasteiger partial charge in [0, 0.05) is 12.1 Å². The van der Waals surface area contributed by atoms with Crippen molar-refractivity contribution in [1.82, 2.24) is 19.9 Å². The fourth-order valence-electron chi connectivity index (χ4n) is 2.43. The molecule has 6 heteroatoms. The molecule has 0 spiro atoms. The van der Waals surface area contributed by atoms with Gasteiger partial charge in [0.05, 0.1) is 12.3 Å². The Bertz CT molecular complexity index is 538. The van der Waals surface area contributed by atoms with E-state index in [2.05, 4.69) is 15.4 Å². The summed E-state index contributed by atoms with van der Waals surface area (Å²) < 4.78 is 1.82. The molecular formula is C11H15N5O. The molecule has 2 atom stereocenters. The third-order valence-electron chi connectivity index (χ3n) is 3.33. The highest BCUT2D eigenvalue weighted by Crippen LogP contribution is 2.28. The topological polar surface area (TPSA) is 88.5 Å². The summed E-state index contributed by atoms with van der Waals surface area (Å²) in [7, 11) is 0. The first-order valence-electron chi connectivity index (χ1n) is 5.74. The van der Waals surface area contributed by atoms with Crippen LogP contribution in [0.5, 0.6) is 0 Å². The van der Waals surface area contributed by atoms with E-state index in [0.29, 0.717) is 5.82 Å². The van der Waals surface area contributed by atoms with Crippen LogP contribution in [-0.2, 0) is 0 Å². The largest absolute Gasteiger partial charge is 0.395 e. The van der Waals surface area contributed by atoms with Crippen LogP contribution in [-0.4, -0.2) is 32.4 Å². The number of hydrogen-bond donors (Lipinski definition) is 3. The number of nitrogens with zero attached hydrogens (tertiary/aromatic N) is 3. The zero-order valence-corrected chi connectivity index (χ0v) is 9.37. The van der Waals surface area contributed by atoms with Crippen molar-refractivity contribution in [3.05, 3.63) is 24.2 Å². The van der Waals surface area contributed by atoms with Crippen LogP contribution in [0, 0.1) is 0 Å². The Hall–Kier alpha value is -1.66. The van der Waals surface area contributed by atoms with E-state index < -0.39 is 0 Å². The van der Waals surface area contributed by atoms with Gasteiger partial charge in [-0.2, -0.15) is 5.10 Å². The van der Waals surface area contributed by atoms with E-state index in [-0.39, 0.29) is 18.7 Å². The number of nitrogens with one attached hydrogen (secondary N) is 1. The molecule has 17 heavy (non-hydrogen) atoms. The Balaban J connectivity index is 1.99. The molecule has 0 aromatic carbocycles. The Morgan fingerprint density at radius 3 is 3.12 bits per heavy atom. The average molecular weight is 233 g/mol. The molecule has 0 bridgehead atoms. The molecule has 2 aromatic heterocycles. The van der Waals surface area contributed by atoms with Crippen molar-refractivity contribution in [3.63, 3.8) is 0 Å². The molecule has 0 aliphatic carbocycles. The minimum Gasteiger partial charge on any atom is -0.395 e. The number of fused-ring (bicyclic) bond motifs is 1. The predicted octanol–water partition coefficient (Wildman–Crippen LogP) is 0.0969. The van der Waals surface area contributed by atoms with Crippen molar-refractivity contribution < 1.29 is 5.11 Å². The van der Waals surface area contributed by atoms with Gasteiger partial charge < -0.3 is 16.2 Å². The number of aromatic nitrogens is 3. The molecule has 1 aliphatic rings. The van der Waals surface area contributed by atoms with Gasteiger partial charge in [0.15, 0.2) is 5.82 Å². The van der Waals surface area contributed by atoms with E-state index in [1.54, 1.807) is 0 Å². The molecule has 2 aromatic rings. The number of aliphatic hydroxyl groups excluding tert-OH is 1. The first kappa shape index (κ1) is 10.5. The molecule has 3 heterocycles. The quantitative estimate of drug-likeness (QED) is 0.684. The van der Waals surface area contributed by atoms with Gasteiger partial charge in [0.2, 0.25) is 0 Å². The summed E-state index contributed by atoms with van der Waals surface area (Å²) in [6.45, 7) is 0.178. The lowest BCUT2D eigenvalue weighted by atomic mass is 10.1. The van der Waals surface area contributed by atoms with Crippen LogP contribution < -0.4 is 11.1 Å². The minimum atomic E-state index is 0.178. The zero-order chi connectivity index (χ0) is 11.8. The number of hydrogen-bond acceptors (Lipinski definition) is 5. The van der Waals surface area contributed by atoms with Crippen molar-refractivity contribution in [2.45, 2.75) is 24.9 Å². The summed E-state index contributed by atoms with van der Waals surface area (Å²) in [5.74, 6) is 0.489. The molecule has 6 nitrogen and oxygen atoms in total. The standard InChI is InChI=1S/C11H15N5O/c12-11-10-4-3-9(16(10)14-6-13-11)8-2-1-7(5-17)15-8/h3-4,6-8,15,17H,1-2,5H2,(H2,12,13,14)/t7-,8+/m0/s1. The van der Waals surface area contributed by atoms with Crippen molar-refractivity contribution in [2.75, 3.05) is 12.3 Å². The lowest BCUT2D eigenvalue weighted by Gasteiger charge is -2.12. The zero-order valence-electron chi connectivity index (χ0n) is 9.37. The Kier molecular flexibility index (Phi) is 2.45. The summed E-state index contributed by atoms with van der Waals surface area (Å²) in [5.41, 5.74) is 7.69. The van der Waals surface area contributed by atoms with E-state index >= 15 is 0 Å². The highest BCUT2D eigenvalue weighted by atomic mass is 16.3. The van der Waals surface area contributed by atoms with Gasteiger partial charge in [0.1, 0.15) is 11.8 Å². The molecule has 1 aliphatic heterocycles. The smallest absolute Gasteiger partial charge is 0.151 e. The fourth-order valence-corrected chi connectivity index (χ4v) is 2.43. The predicted molar refractivity (Wildman–Crippen MR) is 63.4 cm³/mol. The Labute approximate surface area is 98.5 Å². The van der Waals surface area contributed by atoms with E-state index in [1.165, 1.54) is 6.33 Å². The van der Waals surface area contributed by atoms with Crippen LogP contribution in [0.3, 0.4) is 0 Å². The number of aliphatic hydroxyl groups is 1. The molecule has 90 valence electrons. The SMILES string of the molecule is Nc1ncnn2c([C@H]3CC[C@@H](CO)N3)ccc12. The molecule has 1 saturated heterocycles. The second kappa shape index (κ2) is 3.97. The molecule has 1 fully saturated rings. The van der Waals surface area contributed by atoms with Crippen molar-refractivity contribution in [1.29, 1.82) is 0 Å². The molecular weight excluding hydrogens is 218 g/mol. The monoisotopic (exact) mass is 233 g/mol. The summed E-state index contributed by atoms with van der Waals surface area (Å²) in [6, 6.07) is 4.35. The Morgan fingerprint density at radius 1 is 1.47 bits per heavy atom. The maximum Gasteiger partial charge on any atom is 0.151 e. The van der Waals surface area contributed by atoms with Crippen LogP contribution >= 0.6 is 0 Å². The summed E-state index contributed by atoms with van der Waals surface area (Å²) in [5, 5.41) is 16.7. The van der Waals surface area contributed by atoms with Gasteiger partial charge in [-0.3, -0.25) is 0 Å². The molecule has 0 unspecified atom stereocenters. The second-order valence-electron chi connectivity index (χ2n) is 4.38. The van der Waals surface area contributed by atoms with Crippen molar-refractivity contribution in [3.8, 4) is 0 Å². The molecule has 0 amide bonds. The highest BCUT2D eigenvalue weighted by molar-refractivity contribution is 5.65. The van der Waals surface area contributed by atoms with E-state index in [9.17, 15) is 0 Å². The summed E-state index contributed by atoms with van der Waals surface area (Å²) in [6.07, 6.45) is 3.44. The third kappa shape index (κ3) is 1.65. The maximum absolute atomic E-state index is 9.12. The van der Waals surface area contributed by atoms with Gasteiger partial charge in [-0.05, 0) is 25.0 Å². The minimum absolute atomic E-state index is 0.178. The van der Waals surface area contributed by atoms with Crippen LogP contribution in [0.4, 0.5) is 5.82 Å². The Morgan fingerprint density at radius 2 is 2.35 bits per heavy atom. The highest BCUT2D eigenvalue weighted by Gasteiger charge is 2.26. The van der Waals surface area contributed by atoms with Gasteiger partial charge in [0.25, 0.3) is 0 Å². The number of rotatable bonds is 2. The van der Waals surface area contributed by atoms with E-state index in [4.69, 9.17) is 10.8 Å². The van der Waals surface area contributed by atoms with Crippen molar-refractivity contribution in [2.24, 2.45) is 0 Å². The normalized spacial score (nSPS) is 24.5. The fraction of sp³-hybridized carbons (Fsp3) is 0.455. The van der Waals surface area contributed by atoms with Crippen LogP contribution in [0.15, 0.2) is 18.5 Å². The molecule has 4 N–H and O–H groups in total. The summed E-state index contributed by atoms with van der Waals surface area (Å²) in [4.78, 5) is 3.96. The van der Waals surface area contributed by atoms with Gasteiger partial charge in [-0.15, -0.1) is 0 Å². The first-order valence-corrected chi connectivity index (χ1v) is 5.74.